The van der Waals surface area contributed by atoms with Gasteiger partial charge in [-0.15, -0.1) is 0 Å². The molecule has 0 fully saturated rings. The SMILES string of the molecule is C=C/C=C(F)\C(C#N)=C/C.CC. The molecule has 0 unspecified atom stereocenters. The van der Waals surface area contributed by atoms with Gasteiger partial charge in [-0.05, 0) is 13.0 Å². The van der Waals surface area contributed by atoms with E-state index in [1.165, 1.54) is 12.2 Å². The lowest BCUT2D eigenvalue weighted by Crippen LogP contribution is -1.76. The van der Waals surface area contributed by atoms with E-state index >= 15 is 0 Å². The van der Waals surface area contributed by atoms with Crippen LogP contribution in [0, 0.1) is 11.3 Å². The highest BCUT2D eigenvalue weighted by Gasteiger charge is 1.97. The first-order chi connectivity index (χ1) is 5.76. The van der Waals surface area contributed by atoms with Crippen LogP contribution in [0.2, 0.25) is 0 Å². The molecule has 0 spiro atoms. The Hall–Kier alpha value is -1.36. The molecular formula is C10H14FN. The van der Waals surface area contributed by atoms with E-state index in [0.717, 1.165) is 6.08 Å². The van der Waals surface area contributed by atoms with Crippen LogP contribution in [-0.4, -0.2) is 0 Å². The summed E-state index contributed by atoms with van der Waals surface area (Å²) in [7, 11) is 0. The molecule has 66 valence electrons. The Labute approximate surface area is 73.5 Å². The predicted octanol–water partition coefficient (Wildman–Crippen LogP) is 3.52. The molecule has 1 nitrogen and oxygen atoms in total. The summed E-state index contributed by atoms with van der Waals surface area (Å²) >= 11 is 0. The molecule has 2 heteroatoms. The Bertz CT molecular complexity index is 218. The number of rotatable bonds is 2. The van der Waals surface area contributed by atoms with Gasteiger partial charge in [0.15, 0.2) is 0 Å². The number of nitriles is 1. The third-order valence-corrected chi connectivity index (χ3v) is 0.931. The number of hydrogen-bond acceptors (Lipinski definition) is 1. The van der Waals surface area contributed by atoms with Crippen molar-refractivity contribution in [2.75, 3.05) is 0 Å². The molecule has 0 aliphatic rings. The molecule has 0 saturated carbocycles. The highest BCUT2D eigenvalue weighted by atomic mass is 19.1. The van der Waals surface area contributed by atoms with E-state index in [2.05, 4.69) is 6.58 Å². The number of halogens is 1. The van der Waals surface area contributed by atoms with Crippen LogP contribution in [-0.2, 0) is 0 Å². The Morgan fingerprint density at radius 3 is 2.25 bits per heavy atom. The van der Waals surface area contributed by atoms with Gasteiger partial charge in [-0.3, -0.25) is 0 Å². The zero-order chi connectivity index (χ0) is 9.98. The van der Waals surface area contributed by atoms with Gasteiger partial charge >= 0.3 is 0 Å². The molecule has 0 amide bonds. The molecule has 0 aliphatic carbocycles. The van der Waals surface area contributed by atoms with Crippen molar-refractivity contribution in [3.05, 3.63) is 36.2 Å². The monoisotopic (exact) mass is 167 g/mol. The molecule has 0 radical (unpaired) electrons. The molecule has 0 heterocycles. The third kappa shape index (κ3) is 5.43. The lowest BCUT2D eigenvalue weighted by molar-refractivity contribution is 0.658. The molecule has 0 atom stereocenters. The summed E-state index contributed by atoms with van der Waals surface area (Å²) in [5.41, 5.74) is 0.0416. The van der Waals surface area contributed by atoms with Gasteiger partial charge in [0.25, 0.3) is 0 Å². The van der Waals surface area contributed by atoms with Crippen LogP contribution >= 0.6 is 0 Å². The maximum Gasteiger partial charge on any atom is 0.140 e. The van der Waals surface area contributed by atoms with Gasteiger partial charge < -0.3 is 0 Å². The van der Waals surface area contributed by atoms with Gasteiger partial charge in [-0.1, -0.05) is 32.6 Å². The first-order valence-corrected chi connectivity index (χ1v) is 3.81. The van der Waals surface area contributed by atoms with Crippen molar-refractivity contribution < 1.29 is 4.39 Å². The van der Waals surface area contributed by atoms with Crippen LogP contribution in [0.15, 0.2) is 36.2 Å². The maximum atomic E-state index is 12.6. The lowest BCUT2D eigenvalue weighted by Gasteiger charge is -1.87. The van der Waals surface area contributed by atoms with Gasteiger partial charge in [0.2, 0.25) is 0 Å². The van der Waals surface area contributed by atoms with Crippen molar-refractivity contribution in [3.8, 4) is 6.07 Å². The van der Waals surface area contributed by atoms with E-state index in [1.807, 2.05) is 13.8 Å². The van der Waals surface area contributed by atoms with Crippen LogP contribution in [0.1, 0.15) is 20.8 Å². The maximum absolute atomic E-state index is 12.6. The van der Waals surface area contributed by atoms with E-state index in [4.69, 9.17) is 5.26 Å². The molecule has 0 aromatic heterocycles. The molecule has 0 rings (SSSR count). The largest absolute Gasteiger partial charge is 0.206 e. The summed E-state index contributed by atoms with van der Waals surface area (Å²) in [5, 5.41) is 8.29. The fourth-order valence-corrected chi connectivity index (χ4v) is 0.449. The van der Waals surface area contributed by atoms with Crippen LogP contribution in [0.3, 0.4) is 0 Å². The molecule has 0 aromatic rings. The minimum absolute atomic E-state index is 0.0416. The first kappa shape index (κ1) is 13.2. The first-order valence-electron chi connectivity index (χ1n) is 3.81. The van der Waals surface area contributed by atoms with E-state index in [-0.39, 0.29) is 5.57 Å². The Balaban J connectivity index is 0. The molecule has 0 aromatic carbocycles. The van der Waals surface area contributed by atoms with Gasteiger partial charge in [-0.2, -0.15) is 5.26 Å². The second kappa shape index (κ2) is 9.64. The standard InChI is InChI=1S/C8H8FN.C2H6/c1-3-5-8(9)7(4-2)6-10;1-2/h3-5H,1H2,2H3;1-2H3/b7-4-,8-5+;. The Morgan fingerprint density at radius 1 is 1.50 bits per heavy atom. The second-order valence-electron chi connectivity index (χ2n) is 1.56. The summed E-state index contributed by atoms with van der Waals surface area (Å²) in [4.78, 5) is 0. The van der Waals surface area contributed by atoms with Crippen molar-refractivity contribution in [1.82, 2.24) is 0 Å². The number of allylic oxidation sites excluding steroid dienone is 5. The van der Waals surface area contributed by atoms with Gasteiger partial charge in [0.1, 0.15) is 11.9 Å². The number of hydrogen-bond donors (Lipinski definition) is 0. The molecule has 0 N–H and O–H groups in total. The summed E-state index contributed by atoms with van der Waals surface area (Å²) in [6.45, 7) is 8.90. The zero-order valence-electron chi connectivity index (χ0n) is 7.76. The average molecular weight is 167 g/mol. The summed E-state index contributed by atoms with van der Waals surface area (Å²) in [6, 6.07) is 1.71. The topological polar surface area (TPSA) is 23.8 Å². The lowest BCUT2D eigenvalue weighted by atomic mass is 10.2. The summed E-state index contributed by atoms with van der Waals surface area (Å²) in [6.07, 6.45) is 3.87. The van der Waals surface area contributed by atoms with Crippen LogP contribution in [0.5, 0.6) is 0 Å². The van der Waals surface area contributed by atoms with E-state index < -0.39 is 5.83 Å². The molecule has 12 heavy (non-hydrogen) atoms. The third-order valence-electron chi connectivity index (χ3n) is 0.931. The van der Waals surface area contributed by atoms with Crippen molar-refractivity contribution in [2.24, 2.45) is 0 Å². The normalized spacial score (nSPS) is 10.9. The van der Waals surface area contributed by atoms with Crippen LogP contribution in [0.25, 0.3) is 0 Å². The van der Waals surface area contributed by atoms with Crippen LogP contribution < -0.4 is 0 Å². The van der Waals surface area contributed by atoms with E-state index in [0.29, 0.717) is 0 Å². The molecule has 0 saturated heterocycles. The fraction of sp³-hybridized carbons (Fsp3) is 0.300. The predicted molar refractivity (Wildman–Crippen MR) is 50.1 cm³/mol. The van der Waals surface area contributed by atoms with E-state index in [1.54, 1.807) is 13.0 Å². The van der Waals surface area contributed by atoms with Crippen LogP contribution in [0.4, 0.5) is 4.39 Å². The number of nitrogens with zero attached hydrogens (tertiary/aromatic N) is 1. The Morgan fingerprint density at radius 2 is 2.00 bits per heavy atom. The quantitative estimate of drug-likeness (QED) is 0.456. The minimum atomic E-state index is -0.542. The average Bonchev–Trinajstić information content (AvgIpc) is 2.11. The van der Waals surface area contributed by atoms with Gasteiger partial charge in [0.05, 0.1) is 5.57 Å². The smallest absolute Gasteiger partial charge is 0.140 e. The second-order valence-corrected chi connectivity index (χ2v) is 1.56. The van der Waals surface area contributed by atoms with Gasteiger partial charge in [0, 0.05) is 0 Å². The Kier molecular flexibility index (Phi) is 10.6. The van der Waals surface area contributed by atoms with Crippen molar-refractivity contribution in [3.63, 3.8) is 0 Å². The van der Waals surface area contributed by atoms with Crippen molar-refractivity contribution in [1.29, 1.82) is 5.26 Å². The van der Waals surface area contributed by atoms with E-state index in [9.17, 15) is 4.39 Å². The molecular weight excluding hydrogens is 153 g/mol. The van der Waals surface area contributed by atoms with Gasteiger partial charge in [-0.25, -0.2) is 4.39 Å². The highest BCUT2D eigenvalue weighted by molar-refractivity contribution is 5.38. The summed E-state index contributed by atoms with van der Waals surface area (Å²) < 4.78 is 12.6. The highest BCUT2D eigenvalue weighted by Crippen LogP contribution is 2.09. The van der Waals surface area contributed by atoms with Crippen molar-refractivity contribution >= 4 is 0 Å². The van der Waals surface area contributed by atoms with Crippen molar-refractivity contribution in [2.45, 2.75) is 20.8 Å². The minimum Gasteiger partial charge on any atom is -0.206 e. The summed E-state index contributed by atoms with van der Waals surface area (Å²) in [5.74, 6) is -0.542. The molecule has 0 bridgehead atoms. The molecule has 0 aliphatic heterocycles. The zero-order valence-corrected chi connectivity index (χ0v) is 7.76. The fourth-order valence-electron chi connectivity index (χ4n) is 0.449.